The van der Waals surface area contributed by atoms with Gasteiger partial charge in [-0.3, -0.25) is 9.69 Å². The number of fused-ring (bicyclic) bond motifs is 1. The lowest BCUT2D eigenvalue weighted by Gasteiger charge is -2.35. The molecule has 0 saturated carbocycles. The van der Waals surface area contributed by atoms with Gasteiger partial charge in [0, 0.05) is 45.0 Å². The third-order valence-corrected chi connectivity index (χ3v) is 5.25. The Hall–Kier alpha value is -2.33. The maximum atomic E-state index is 12.5. The highest BCUT2D eigenvalue weighted by atomic mass is 16.2. The van der Waals surface area contributed by atoms with Crippen molar-refractivity contribution < 1.29 is 4.79 Å². The highest BCUT2D eigenvalue weighted by Gasteiger charge is 2.22. The summed E-state index contributed by atoms with van der Waals surface area (Å²) < 4.78 is 0. The fourth-order valence-corrected chi connectivity index (χ4v) is 3.82. The van der Waals surface area contributed by atoms with Gasteiger partial charge in [0.05, 0.1) is 6.42 Å². The average Bonchev–Trinajstić information content (AvgIpc) is 3.13. The van der Waals surface area contributed by atoms with Crippen molar-refractivity contribution in [3.63, 3.8) is 0 Å². The van der Waals surface area contributed by atoms with Gasteiger partial charge in [0.25, 0.3) is 0 Å². The van der Waals surface area contributed by atoms with Crippen LogP contribution in [0.25, 0.3) is 0 Å². The zero-order chi connectivity index (χ0) is 17.1. The number of benzene rings is 2. The number of para-hydroxylation sites is 1. The smallest absolute Gasteiger partial charge is 0.227 e. The van der Waals surface area contributed by atoms with Crippen LogP contribution < -0.4 is 5.32 Å². The maximum Gasteiger partial charge on any atom is 0.227 e. The summed E-state index contributed by atoms with van der Waals surface area (Å²) in [6.07, 6.45) is 1.64. The highest BCUT2D eigenvalue weighted by molar-refractivity contribution is 5.78. The molecule has 1 amide bonds. The molecule has 0 bridgehead atoms. The molecule has 1 N–H and O–H groups in total. The van der Waals surface area contributed by atoms with E-state index in [2.05, 4.69) is 28.4 Å². The number of carbonyl (C=O) groups excluding carboxylic acids is 1. The predicted molar refractivity (Wildman–Crippen MR) is 101 cm³/mol. The van der Waals surface area contributed by atoms with Gasteiger partial charge in [0.15, 0.2) is 0 Å². The molecule has 25 heavy (non-hydrogen) atoms. The first-order valence-electron chi connectivity index (χ1n) is 9.18. The average molecular weight is 335 g/mol. The summed E-state index contributed by atoms with van der Waals surface area (Å²) in [6, 6.07) is 16.6. The van der Waals surface area contributed by atoms with Crippen molar-refractivity contribution in [2.75, 3.05) is 38.0 Å². The Morgan fingerprint density at radius 1 is 0.960 bits per heavy atom. The van der Waals surface area contributed by atoms with Crippen LogP contribution in [0.15, 0.2) is 48.5 Å². The van der Waals surface area contributed by atoms with E-state index in [1.54, 1.807) is 0 Å². The molecule has 0 unspecified atom stereocenters. The molecule has 4 heteroatoms. The van der Waals surface area contributed by atoms with E-state index in [9.17, 15) is 4.79 Å². The summed E-state index contributed by atoms with van der Waals surface area (Å²) in [5, 5.41) is 3.52. The van der Waals surface area contributed by atoms with Gasteiger partial charge >= 0.3 is 0 Å². The Kier molecular flexibility index (Phi) is 4.70. The monoisotopic (exact) mass is 335 g/mol. The third-order valence-electron chi connectivity index (χ3n) is 5.25. The van der Waals surface area contributed by atoms with E-state index in [1.165, 1.54) is 16.8 Å². The van der Waals surface area contributed by atoms with E-state index in [0.29, 0.717) is 6.42 Å². The molecule has 4 nitrogen and oxygen atoms in total. The number of amides is 1. The predicted octanol–water partition coefficient (Wildman–Crippen LogP) is 2.54. The van der Waals surface area contributed by atoms with Crippen LogP contribution in [0.5, 0.6) is 0 Å². The number of hydrogen-bond donors (Lipinski definition) is 1. The van der Waals surface area contributed by atoms with E-state index in [-0.39, 0.29) is 5.91 Å². The summed E-state index contributed by atoms with van der Waals surface area (Å²) in [4.78, 5) is 17.0. The van der Waals surface area contributed by atoms with Crippen LogP contribution >= 0.6 is 0 Å². The van der Waals surface area contributed by atoms with Crippen molar-refractivity contribution in [2.45, 2.75) is 19.4 Å². The van der Waals surface area contributed by atoms with Crippen LogP contribution in [0.4, 0.5) is 5.69 Å². The summed E-state index contributed by atoms with van der Waals surface area (Å²) in [5.41, 5.74) is 5.26. The molecule has 0 aromatic heterocycles. The Bertz CT molecular complexity index is 736. The van der Waals surface area contributed by atoms with E-state index in [0.717, 1.165) is 51.3 Å². The molecule has 130 valence electrons. The van der Waals surface area contributed by atoms with Crippen LogP contribution in [0.3, 0.4) is 0 Å². The van der Waals surface area contributed by atoms with Gasteiger partial charge in [-0.05, 0) is 23.1 Å². The topological polar surface area (TPSA) is 35.6 Å². The minimum absolute atomic E-state index is 0.244. The molecule has 2 aromatic carbocycles. The van der Waals surface area contributed by atoms with Crippen molar-refractivity contribution in [1.29, 1.82) is 0 Å². The number of nitrogens with zero attached hydrogens (tertiary/aromatic N) is 2. The van der Waals surface area contributed by atoms with Gasteiger partial charge in [-0.25, -0.2) is 0 Å². The van der Waals surface area contributed by atoms with Crippen molar-refractivity contribution in [3.05, 3.63) is 65.2 Å². The Morgan fingerprint density at radius 3 is 2.56 bits per heavy atom. The molecular formula is C21H25N3O. The lowest BCUT2D eigenvalue weighted by atomic mass is 10.1. The van der Waals surface area contributed by atoms with Crippen molar-refractivity contribution in [3.8, 4) is 0 Å². The number of rotatable bonds is 4. The minimum atomic E-state index is 0.244. The molecule has 0 atom stereocenters. The highest BCUT2D eigenvalue weighted by Crippen LogP contribution is 2.27. The van der Waals surface area contributed by atoms with Crippen LogP contribution in [0.1, 0.15) is 16.7 Å². The first kappa shape index (κ1) is 16.2. The number of hydrogen-bond acceptors (Lipinski definition) is 3. The van der Waals surface area contributed by atoms with E-state index < -0.39 is 0 Å². The lowest BCUT2D eigenvalue weighted by Crippen LogP contribution is -2.48. The third kappa shape index (κ3) is 3.69. The zero-order valence-electron chi connectivity index (χ0n) is 14.6. The second-order valence-corrected chi connectivity index (χ2v) is 6.95. The fraction of sp³-hybridized carbons (Fsp3) is 0.381. The maximum absolute atomic E-state index is 12.5. The summed E-state index contributed by atoms with van der Waals surface area (Å²) in [6.45, 7) is 5.57. The first-order valence-corrected chi connectivity index (χ1v) is 9.18. The molecule has 0 spiro atoms. The van der Waals surface area contributed by atoms with Crippen LogP contribution in [0.2, 0.25) is 0 Å². The number of nitrogens with one attached hydrogen (secondary N) is 1. The molecular weight excluding hydrogens is 310 g/mol. The minimum Gasteiger partial charge on any atom is -0.384 e. The van der Waals surface area contributed by atoms with Crippen molar-refractivity contribution in [1.82, 2.24) is 9.80 Å². The number of piperazine rings is 1. The Balaban J connectivity index is 1.31. The van der Waals surface area contributed by atoms with Gasteiger partial charge in [0.2, 0.25) is 5.91 Å². The standard InChI is InChI=1S/C21H25N3O/c25-20(15-17-5-2-1-3-6-17)24-13-11-23(12-14-24)16-19-8-4-7-18-9-10-22-21(18)19/h1-8,22H,9-16H2. The Morgan fingerprint density at radius 2 is 1.76 bits per heavy atom. The molecule has 4 rings (SSSR count). The molecule has 2 aromatic rings. The molecule has 1 saturated heterocycles. The van der Waals surface area contributed by atoms with E-state index in [1.807, 2.05) is 35.2 Å². The van der Waals surface area contributed by atoms with Crippen molar-refractivity contribution >= 4 is 11.6 Å². The number of carbonyl (C=O) groups is 1. The SMILES string of the molecule is O=C(Cc1ccccc1)N1CCN(Cc2cccc3c2NCC3)CC1. The van der Waals surface area contributed by atoms with Crippen LogP contribution in [0, 0.1) is 0 Å². The van der Waals surface area contributed by atoms with Gasteiger partial charge in [-0.1, -0.05) is 48.5 Å². The first-order chi connectivity index (χ1) is 12.3. The second-order valence-electron chi connectivity index (χ2n) is 6.95. The second kappa shape index (κ2) is 7.28. The molecule has 0 aliphatic carbocycles. The largest absolute Gasteiger partial charge is 0.384 e. The van der Waals surface area contributed by atoms with Crippen LogP contribution in [-0.2, 0) is 24.2 Å². The molecule has 2 aliphatic rings. The van der Waals surface area contributed by atoms with E-state index >= 15 is 0 Å². The fourth-order valence-electron chi connectivity index (χ4n) is 3.82. The molecule has 0 radical (unpaired) electrons. The molecule has 2 aliphatic heterocycles. The summed E-state index contributed by atoms with van der Waals surface area (Å²) in [5.74, 6) is 0.244. The van der Waals surface area contributed by atoms with Crippen LogP contribution in [-0.4, -0.2) is 48.4 Å². The van der Waals surface area contributed by atoms with Gasteiger partial charge < -0.3 is 10.2 Å². The molecule has 1 fully saturated rings. The molecule has 2 heterocycles. The Labute approximate surface area is 149 Å². The van der Waals surface area contributed by atoms with Crippen molar-refractivity contribution in [2.24, 2.45) is 0 Å². The zero-order valence-corrected chi connectivity index (χ0v) is 14.6. The number of anilines is 1. The quantitative estimate of drug-likeness (QED) is 0.933. The van der Waals surface area contributed by atoms with Gasteiger partial charge in [-0.2, -0.15) is 0 Å². The lowest BCUT2D eigenvalue weighted by molar-refractivity contribution is -0.132. The summed E-state index contributed by atoms with van der Waals surface area (Å²) in [7, 11) is 0. The van der Waals surface area contributed by atoms with Gasteiger partial charge in [0.1, 0.15) is 0 Å². The normalized spacial score (nSPS) is 17.2. The van der Waals surface area contributed by atoms with E-state index in [4.69, 9.17) is 0 Å². The van der Waals surface area contributed by atoms with Gasteiger partial charge in [-0.15, -0.1) is 0 Å². The summed E-state index contributed by atoms with van der Waals surface area (Å²) >= 11 is 0.